The van der Waals surface area contributed by atoms with Crippen LogP contribution in [0.3, 0.4) is 0 Å². The highest BCUT2D eigenvalue weighted by molar-refractivity contribution is 7.80. The van der Waals surface area contributed by atoms with E-state index in [-0.39, 0.29) is 25.5 Å². The van der Waals surface area contributed by atoms with Gasteiger partial charge in [-0.1, -0.05) is 24.3 Å². The van der Waals surface area contributed by atoms with Gasteiger partial charge in [-0.15, -0.1) is 0 Å². The van der Waals surface area contributed by atoms with E-state index in [2.05, 4.69) is 17.9 Å². The Morgan fingerprint density at radius 3 is 2.03 bits per heavy atom. The number of nitrogens with zero attached hydrogens (tertiary/aromatic N) is 2. The van der Waals surface area contributed by atoms with Gasteiger partial charge in [-0.3, -0.25) is 4.79 Å². The molecule has 0 saturated heterocycles. The van der Waals surface area contributed by atoms with Crippen LogP contribution in [0.2, 0.25) is 0 Å². The van der Waals surface area contributed by atoms with E-state index in [1.165, 1.54) is 0 Å². The van der Waals surface area contributed by atoms with Crippen molar-refractivity contribution in [2.24, 2.45) is 0 Å². The van der Waals surface area contributed by atoms with Crippen molar-refractivity contribution in [2.75, 3.05) is 37.0 Å². The van der Waals surface area contributed by atoms with Crippen molar-refractivity contribution in [1.29, 1.82) is 0 Å². The summed E-state index contributed by atoms with van der Waals surface area (Å²) < 4.78 is 1.66. The molecule has 8 nitrogen and oxygen atoms in total. The fourth-order valence-corrected chi connectivity index (χ4v) is 3.12. The van der Waals surface area contributed by atoms with Crippen LogP contribution in [0.1, 0.15) is 11.1 Å². The molecule has 9 heteroatoms. The van der Waals surface area contributed by atoms with Crippen LogP contribution in [0.25, 0.3) is 12.2 Å². The zero-order chi connectivity index (χ0) is 22.6. The summed E-state index contributed by atoms with van der Waals surface area (Å²) in [5.74, 6) is -1.49. The van der Waals surface area contributed by atoms with Crippen molar-refractivity contribution < 1.29 is 29.5 Å². The number of pyridine rings is 1. The van der Waals surface area contributed by atoms with Gasteiger partial charge in [-0.25, -0.2) is 4.79 Å². The molecular formula is C22H28N3O5S+. The van der Waals surface area contributed by atoms with Gasteiger partial charge in [0.05, 0.1) is 13.2 Å². The molecule has 31 heavy (non-hydrogen) atoms. The number of amides is 1. The highest BCUT2D eigenvalue weighted by Crippen LogP contribution is 2.16. The fraction of sp³-hybridized carbons (Fsp3) is 0.318. The highest BCUT2D eigenvalue weighted by Gasteiger charge is 2.20. The SMILES string of the molecule is O=C(C[n+]1ccc(/C=C/c2ccc(N(CCO)CCO)cc2)cc1)NC(CS)C(=O)O. The molecule has 0 aliphatic rings. The number of anilines is 1. The predicted molar refractivity (Wildman–Crippen MR) is 122 cm³/mol. The number of carboxylic acids is 1. The molecule has 1 heterocycles. The molecule has 166 valence electrons. The van der Waals surface area contributed by atoms with Gasteiger partial charge in [0, 0.05) is 36.7 Å². The number of benzene rings is 1. The fourth-order valence-electron chi connectivity index (χ4n) is 2.88. The van der Waals surface area contributed by atoms with Gasteiger partial charge in [0.2, 0.25) is 6.54 Å². The molecule has 0 radical (unpaired) electrons. The van der Waals surface area contributed by atoms with E-state index < -0.39 is 17.9 Å². The Morgan fingerprint density at radius 1 is 1.00 bits per heavy atom. The number of aliphatic hydroxyl groups is 2. The molecule has 4 N–H and O–H groups in total. The number of rotatable bonds is 12. The monoisotopic (exact) mass is 446 g/mol. The van der Waals surface area contributed by atoms with Crippen molar-refractivity contribution in [1.82, 2.24) is 5.32 Å². The van der Waals surface area contributed by atoms with E-state index >= 15 is 0 Å². The molecule has 1 amide bonds. The quantitative estimate of drug-likeness (QED) is 0.239. The van der Waals surface area contributed by atoms with Crippen LogP contribution in [0.4, 0.5) is 5.69 Å². The maximum atomic E-state index is 12.0. The van der Waals surface area contributed by atoms with Crippen molar-refractivity contribution in [2.45, 2.75) is 12.6 Å². The molecule has 0 spiro atoms. The number of carbonyl (C=O) groups excluding carboxylic acids is 1. The van der Waals surface area contributed by atoms with E-state index in [0.29, 0.717) is 13.1 Å². The van der Waals surface area contributed by atoms with E-state index in [0.717, 1.165) is 16.8 Å². The third-order valence-corrected chi connectivity index (χ3v) is 4.89. The molecule has 1 aromatic heterocycles. The molecule has 1 aromatic carbocycles. The number of carbonyl (C=O) groups is 2. The third kappa shape index (κ3) is 8.05. The summed E-state index contributed by atoms with van der Waals surface area (Å²) in [5.41, 5.74) is 2.88. The van der Waals surface area contributed by atoms with Gasteiger partial charge >= 0.3 is 5.97 Å². The minimum atomic E-state index is -1.11. The summed E-state index contributed by atoms with van der Waals surface area (Å²) in [6.45, 7) is 0.979. The molecule has 0 saturated carbocycles. The molecular weight excluding hydrogens is 418 g/mol. The second-order valence-electron chi connectivity index (χ2n) is 6.80. The van der Waals surface area contributed by atoms with E-state index in [4.69, 9.17) is 15.3 Å². The van der Waals surface area contributed by atoms with Crippen molar-refractivity contribution in [3.05, 3.63) is 59.9 Å². The van der Waals surface area contributed by atoms with Crippen molar-refractivity contribution in [3.63, 3.8) is 0 Å². The lowest BCUT2D eigenvalue weighted by atomic mass is 10.1. The van der Waals surface area contributed by atoms with Gasteiger partial charge in [-0.2, -0.15) is 17.2 Å². The zero-order valence-electron chi connectivity index (χ0n) is 17.1. The van der Waals surface area contributed by atoms with Gasteiger partial charge in [0.25, 0.3) is 5.91 Å². The standard InChI is InChI=1S/C22H27N3O5S/c26-13-11-25(12-14-27)19-5-3-17(4-6-19)1-2-18-7-9-24(10-8-18)15-21(28)23-20(16-31)22(29)30/h1-10,20,26-27H,11-16H2,(H2-,23,28,29,30,31)/p+1. The second kappa shape index (κ2) is 12.7. The second-order valence-corrected chi connectivity index (χ2v) is 7.17. The van der Waals surface area contributed by atoms with Crippen molar-refractivity contribution in [3.8, 4) is 0 Å². The number of aliphatic hydroxyl groups excluding tert-OH is 2. The number of aromatic nitrogens is 1. The molecule has 0 fully saturated rings. The van der Waals surface area contributed by atoms with Crippen LogP contribution in [-0.4, -0.2) is 65.3 Å². The molecule has 0 aliphatic heterocycles. The number of nitrogens with one attached hydrogen (secondary N) is 1. The lowest BCUT2D eigenvalue weighted by Gasteiger charge is -2.22. The van der Waals surface area contributed by atoms with Gasteiger partial charge in [-0.05, 0) is 23.3 Å². The Hall–Kier alpha value is -2.88. The molecule has 2 aromatic rings. The Bertz CT molecular complexity index is 866. The zero-order valence-corrected chi connectivity index (χ0v) is 18.0. The first-order valence-electron chi connectivity index (χ1n) is 9.83. The lowest BCUT2D eigenvalue weighted by molar-refractivity contribution is -0.684. The molecule has 0 aliphatic carbocycles. The van der Waals surface area contributed by atoms with Crippen LogP contribution < -0.4 is 14.8 Å². The lowest BCUT2D eigenvalue weighted by Crippen LogP contribution is -2.48. The molecule has 2 rings (SSSR count). The smallest absolute Gasteiger partial charge is 0.327 e. The largest absolute Gasteiger partial charge is 0.480 e. The number of carboxylic acid groups (broad SMARTS) is 1. The normalized spacial score (nSPS) is 12.0. The first-order chi connectivity index (χ1) is 15.0. The maximum absolute atomic E-state index is 12.0. The van der Waals surface area contributed by atoms with Crippen LogP contribution in [0, 0.1) is 0 Å². The highest BCUT2D eigenvalue weighted by atomic mass is 32.1. The van der Waals surface area contributed by atoms with E-state index in [1.54, 1.807) is 17.0 Å². The van der Waals surface area contributed by atoms with E-state index in [9.17, 15) is 9.59 Å². The van der Waals surface area contributed by atoms with Crippen LogP contribution in [-0.2, 0) is 16.1 Å². The summed E-state index contributed by atoms with van der Waals surface area (Å²) >= 11 is 3.92. The summed E-state index contributed by atoms with van der Waals surface area (Å²) in [7, 11) is 0. The topological polar surface area (TPSA) is 114 Å². The van der Waals surface area contributed by atoms with Crippen LogP contribution >= 0.6 is 12.6 Å². The Labute approximate surface area is 186 Å². The van der Waals surface area contributed by atoms with E-state index in [1.807, 2.05) is 53.5 Å². The van der Waals surface area contributed by atoms with Crippen molar-refractivity contribution >= 4 is 42.3 Å². The Kier molecular flexibility index (Phi) is 10.0. The average molecular weight is 447 g/mol. The first kappa shape index (κ1) is 24.4. The third-order valence-electron chi connectivity index (χ3n) is 4.53. The molecule has 1 atom stereocenters. The summed E-state index contributed by atoms with van der Waals surface area (Å²) in [6, 6.07) is 10.5. The Morgan fingerprint density at radius 2 is 1.55 bits per heavy atom. The van der Waals surface area contributed by atoms with Crippen LogP contribution in [0.5, 0.6) is 0 Å². The minimum Gasteiger partial charge on any atom is -0.480 e. The summed E-state index contributed by atoms with van der Waals surface area (Å²) in [6.07, 6.45) is 7.41. The average Bonchev–Trinajstić information content (AvgIpc) is 2.77. The Balaban J connectivity index is 1.95. The minimum absolute atomic E-state index is 0.0151. The van der Waals surface area contributed by atoms with Crippen LogP contribution in [0.15, 0.2) is 48.8 Å². The molecule has 1 unspecified atom stereocenters. The van der Waals surface area contributed by atoms with Gasteiger partial charge in [0.1, 0.15) is 6.04 Å². The number of aliphatic carboxylic acids is 1. The molecule has 0 bridgehead atoms. The summed E-state index contributed by atoms with van der Waals surface area (Å²) in [5, 5.41) is 29.7. The summed E-state index contributed by atoms with van der Waals surface area (Å²) in [4.78, 5) is 24.8. The van der Waals surface area contributed by atoms with Gasteiger partial charge in [0.15, 0.2) is 12.4 Å². The number of hydrogen-bond acceptors (Lipinski definition) is 6. The maximum Gasteiger partial charge on any atom is 0.327 e. The number of thiol groups is 1. The van der Waals surface area contributed by atoms with Gasteiger partial charge < -0.3 is 25.5 Å². The predicted octanol–water partition coefficient (Wildman–Crippen LogP) is 0.435. The first-order valence-corrected chi connectivity index (χ1v) is 10.5. The number of hydrogen-bond donors (Lipinski definition) is 5.